The molecule has 0 aliphatic heterocycles. The van der Waals surface area contributed by atoms with Gasteiger partial charge in [-0.1, -0.05) is 235 Å². The zero-order valence-electron chi connectivity index (χ0n) is 48.9. The second-order valence-electron chi connectivity index (χ2n) is 19.1. The third-order valence-electron chi connectivity index (χ3n) is 11.9. The van der Waals surface area contributed by atoms with Crippen LogP contribution in [0.25, 0.3) is 0 Å². The van der Waals surface area contributed by atoms with E-state index in [2.05, 4.69) is 203 Å². The highest BCUT2D eigenvalue weighted by molar-refractivity contribution is 5.71. The molecule has 77 heavy (non-hydrogen) atoms. The van der Waals surface area contributed by atoms with Crippen LogP contribution in [0.4, 0.5) is 0 Å². The molecule has 0 N–H and O–H groups in total. The maximum absolute atomic E-state index is 12.8. The van der Waals surface area contributed by atoms with E-state index in [1.165, 1.54) is 12.8 Å². The van der Waals surface area contributed by atoms with Gasteiger partial charge in [-0.05, 0) is 154 Å². The van der Waals surface area contributed by atoms with Gasteiger partial charge in [0.1, 0.15) is 13.2 Å². The number of hydrogen-bond donors (Lipinski definition) is 0. The summed E-state index contributed by atoms with van der Waals surface area (Å²) < 4.78 is 16.8. The smallest absolute Gasteiger partial charge is 0.306 e. The average Bonchev–Trinajstić information content (AvgIpc) is 3.43. The predicted molar refractivity (Wildman–Crippen MR) is 334 cm³/mol. The van der Waals surface area contributed by atoms with E-state index in [1.807, 2.05) is 0 Å². The number of carbonyl (C=O) groups is 3. The third-order valence-corrected chi connectivity index (χ3v) is 11.9. The van der Waals surface area contributed by atoms with Crippen LogP contribution in [-0.4, -0.2) is 37.2 Å². The van der Waals surface area contributed by atoms with Crippen LogP contribution in [-0.2, 0) is 28.6 Å². The molecule has 0 aromatic carbocycles. The van der Waals surface area contributed by atoms with Crippen molar-refractivity contribution in [1.82, 2.24) is 0 Å². The summed E-state index contributed by atoms with van der Waals surface area (Å²) in [6, 6.07) is 0. The largest absolute Gasteiger partial charge is 0.462 e. The first-order valence-corrected chi connectivity index (χ1v) is 30.3. The van der Waals surface area contributed by atoms with Crippen molar-refractivity contribution >= 4 is 17.9 Å². The first-order valence-electron chi connectivity index (χ1n) is 30.3. The summed E-state index contributed by atoms with van der Waals surface area (Å²) in [5.41, 5.74) is 0. The normalized spacial score (nSPS) is 13.4. The molecular weight excluding hydrogens is 949 g/mol. The lowest BCUT2D eigenvalue weighted by Crippen LogP contribution is -2.30. The molecule has 6 nitrogen and oxygen atoms in total. The van der Waals surface area contributed by atoms with Gasteiger partial charge in [-0.25, -0.2) is 0 Å². The van der Waals surface area contributed by atoms with Crippen molar-refractivity contribution in [3.63, 3.8) is 0 Å². The van der Waals surface area contributed by atoms with Crippen molar-refractivity contribution in [2.45, 2.75) is 232 Å². The number of allylic oxidation sites excluding steroid dienone is 30. The Morgan fingerprint density at radius 3 is 0.766 bits per heavy atom. The molecule has 1 atom stereocenters. The highest BCUT2D eigenvalue weighted by Gasteiger charge is 2.19. The Hall–Kier alpha value is -5.49. The zero-order chi connectivity index (χ0) is 55.7. The zero-order valence-corrected chi connectivity index (χ0v) is 48.9. The minimum atomic E-state index is -0.829. The number of hydrogen-bond acceptors (Lipinski definition) is 6. The van der Waals surface area contributed by atoms with Gasteiger partial charge in [-0.15, -0.1) is 0 Å². The molecule has 0 spiro atoms. The number of carbonyl (C=O) groups excluding carboxylic acids is 3. The van der Waals surface area contributed by atoms with Gasteiger partial charge in [-0.3, -0.25) is 14.4 Å². The molecule has 0 heterocycles. The Kier molecular flexibility index (Phi) is 58.6. The van der Waals surface area contributed by atoms with E-state index in [0.29, 0.717) is 19.3 Å². The second-order valence-corrected chi connectivity index (χ2v) is 19.1. The summed E-state index contributed by atoms with van der Waals surface area (Å²) >= 11 is 0. The van der Waals surface area contributed by atoms with Gasteiger partial charge in [0.15, 0.2) is 6.10 Å². The molecular formula is C71H108O6. The van der Waals surface area contributed by atoms with Crippen LogP contribution in [0.5, 0.6) is 0 Å². The van der Waals surface area contributed by atoms with Gasteiger partial charge in [0.05, 0.1) is 0 Å². The fourth-order valence-corrected chi connectivity index (χ4v) is 7.46. The Labute approximate surface area is 472 Å². The minimum absolute atomic E-state index is 0.121. The van der Waals surface area contributed by atoms with E-state index in [4.69, 9.17) is 14.2 Å². The number of unbranched alkanes of at least 4 members (excludes halogenated alkanes) is 11. The first kappa shape index (κ1) is 71.5. The van der Waals surface area contributed by atoms with Crippen LogP contribution in [0.3, 0.4) is 0 Å². The predicted octanol–water partition coefficient (Wildman–Crippen LogP) is 20.9. The van der Waals surface area contributed by atoms with Crippen molar-refractivity contribution < 1.29 is 28.6 Å². The lowest BCUT2D eigenvalue weighted by atomic mass is 10.1. The van der Waals surface area contributed by atoms with E-state index in [9.17, 15) is 14.4 Å². The molecule has 0 saturated carbocycles. The summed E-state index contributed by atoms with van der Waals surface area (Å²) in [6.45, 7) is 6.20. The van der Waals surface area contributed by atoms with Crippen LogP contribution < -0.4 is 0 Å². The van der Waals surface area contributed by atoms with E-state index in [1.54, 1.807) is 0 Å². The lowest BCUT2D eigenvalue weighted by Gasteiger charge is -2.18. The highest BCUT2D eigenvalue weighted by atomic mass is 16.6. The van der Waals surface area contributed by atoms with Crippen LogP contribution >= 0.6 is 0 Å². The quantitative estimate of drug-likeness (QED) is 0.0261. The molecule has 0 aromatic heterocycles. The Balaban J connectivity index is 4.41. The summed E-state index contributed by atoms with van der Waals surface area (Å²) in [5, 5.41) is 0. The standard InChI is InChI=1S/C71H108O6/c1-4-7-10-13-16-19-22-25-27-28-29-30-31-32-33-34-35-36-37-38-39-40-41-42-44-46-49-52-55-58-61-64-70(73)76-67-68(66-75-69(72)63-60-57-54-51-48-45-24-21-18-15-12-9-6-3)77-71(74)65-62-59-56-53-50-47-43-26-23-20-17-14-11-8-5-2/h7-12,16-21,25-27,29-30,32-33,35-36,38-39,41-43,45,48,50,53,68H,4-6,13-15,22-24,28,31,34,37,40,44,46-47,49,51-52,54-67H2,1-3H3/b10-7-,11-8-,12-9-,19-16-,20-17-,21-18-,27-25-,30-29-,33-32-,36-35-,39-38-,42-41-,43-26-,48-45-,53-50-. The molecule has 1 unspecified atom stereocenters. The van der Waals surface area contributed by atoms with Crippen LogP contribution in [0.2, 0.25) is 0 Å². The lowest BCUT2D eigenvalue weighted by molar-refractivity contribution is -0.167. The van der Waals surface area contributed by atoms with Gasteiger partial charge < -0.3 is 14.2 Å². The van der Waals surface area contributed by atoms with Gasteiger partial charge in [0.25, 0.3) is 0 Å². The summed E-state index contributed by atoms with van der Waals surface area (Å²) in [4.78, 5) is 38.2. The Bertz CT molecular complexity index is 1840. The van der Waals surface area contributed by atoms with Crippen molar-refractivity contribution in [1.29, 1.82) is 0 Å². The van der Waals surface area contributed by atoms with Crippen molar-refractivity contribution in [3.8, 4) is 0 Å². The monoisotopic (exact) mass is 1060 g/mol. The van der Waals surface area contributed by atoms with Gasteiger partial charge in [-0.2, -0.15) is 0 Å². The first-order chi connectivity index (χ1) is 38.0. The van der Waals surface area contributed by atoms with E-state index in [-0.39, 0.29) is 37.5 Å². The van der Waals surface area contributed by atoms with E-state index < -0.39 is 6.10 Å². The van der Waals surface area contributed by atoms with Crippen LogP contribution in [0.1, 0.15) is 226 Å². The highest BCUT2D eigenvalue weighted by Crippen LogP contribution is 2.12. The summed E-state index contributed by atoms with van der Waals surface area (Å²) in [7, 11) is 0. The number of ether oxygens (including phenoxy) is 3. The maximum Gasteiger partial charge on any atom is 0.306 e. The Morgan fingerprint density at radius 1 is 0.260 bits per heavy atom. The molecule has 0 saturated heterocycles. The topological polar surface area (TPSA) is 78.9 Å². The molecule has 0 aromatic rings. The van der Waals surface area contributed by atoms with Crippen molar-refractivity contribution in [3.05, 3.63) is 182 Å². The molecule has 0 radical (unpaired) electrons. The number of rotatable bonds is 52. The van der Waals surface area contributed by atoms with Crippen molar-refractivity contribution in [2.24, 2.45) is 0 Å². The molecule has 0 aliphatic rings. The third kappa shape index (κ3) is 61.2. The molecule has 0 fully saturated rings. The van der Waals surface area contributed by atoms with Crippen LogP contribution in [0, 0.1) is 0 Å². The maximum atomic E-state index is 12.8. The fraction of sp³-hybridized carbons (Fsp3) is 0.535. The minimum Gasteiger partial charge on any atom is -0.462 e. The molecule has 0 rings (SSSR count). The molecule has 0 bridgehead atoms. The average molecular weight is 1060 g/mol. The van der Waals surface area contributed by atoms with Gasteiger partial charge in [0.2, 0.25) is 0 Å². The van der Waals surface area contributed by atoms with Crippen LogP contribution in [0.15, 0.2) is 182 Å². The molecule has 0 aliphatic carbocycles. The molecule has 6 heteroatoms. The molecule has 428 valence electrons. The fourth-order valence-electron chi connectivity index (χ4n) is 7.46. The molecule has 0 amide bonds. The summed E-state index contributed by atoms with van der Waals surface area (Å²) in [5.74, 6) is -1.02. The van der Waals surface area contributed by atoms with Gasteiger partial charge in [0, 0.05) is 19.3 Å². The van der Waals surface area contributed by atoms with E-state index >= 15 is 0 Å². The van der Waals surface area contributed by atoms with Crippen molar-refractivity contribution in [2.75, 3.05) is 13.2 Å². The van der Waals surface area contributed by atoms with Gasteiger partial charge >= 0.3 is 17.9 Å². The number of esters is 3. The van der Waals surface area contributed by atoms with E-state index in [0.717, 1.165) is 167 Å². The summed E-state index contributed by atoms with van der Waals surface area (Å²) in [6.07, 6.45) is 94.7. The second kappa shape index (κ2) is 63.0. The SMILES string of the molecule is CC/C=C\C/C=C\C/C=C\C/C=C\C/C=C\C/C=C\C/C=C\C/C=C\CCCCCCCCC(=O)OCC(COC(=O)CCCCC/C=C\C/C=C\C/C=C\CC)OC(=O)CCCC/C=C\C/C=C\C/C=C\C/C=C\CC. The Morgan fingerprint density at radius 2 is 0.468 bits per heavy atom.